The highest BCUT2D eigenvalue weighted by molar-refractivity contribution is 6.29. The van der Waals surface area contributed by atoms with Gasteiger partial charge in [-0.2, -0.15) is 5.26 Å². The van der Waals surface area contributed by atoms with Gasteiger partial charge < -0.3 is 10.1 Å². The highest BCUT2D eigenvalue weighted by atomic mass is 35.5. The number of amides is 1. The molecular formula is C9H8ClN3O2. The maximum Gasteiger partial charge on any atom is 0.258 e. The second-order valence-electron chi connectivity index (χ2n) is 2.54. The molecular weight excluding hydrogens is 218 g/mol. The van der Waals surface area contributed by atoms with E-state index in [-0.39, 0.29) is 19.1 Å². The number of nitrogens with zero attached hydrogens (tertiary/aromatic N) is 2. The quantitative estimate of drug-likeness (QED) is 0.606. The van der Waals surface area contributed by atoms with Crippen molar-refractivity contribution >= 4 is 17.5 Å². The first-order chi connectivity index (χ1) is 7.22. The van der Waals surface area contributed by atoms with Crippen LogP contribution in [0.4, 0.5) is 0 Å². The fourth-order valence-corrected chi connectivity index (χ4v) is 0.897. The van der Waals surface area contributed by atoms with Crippen molar-refractivity contribution < 1.29 is 9.53 Å². The Labute approximate surface area is 91.6 Å². The van der Waals surface area contributed by atoms with Gasteiger partial charge in [0.05, 0.1) is 12.3 Å². The highest BCUT2D eigenvalue weighted by Crippen LogP contribution is 2.11. The average molecular weight is 226 g/mol. The van der Waals surface area contributed by atoms with Crippen LogP contribution in [0.5, 0.6) is 5.75 Å². The zero-order valence-electron chi connectivity index (χ0n) is 7.74. The van der Waals surface area contributed by atoms with Crippen molar-refractivity contribution in [1.82, 2.24) is 10.3 Å². The maximum absolute atomic E-state index is 11.0. The summed E-state index contributed by atoms with van der Waals surface area (Å²) in [5.41, 5.74) is 0. The minimum Gasteiger partial charge on any atom is -0.482 e. The molecule has 1 rings (SSSR count). The second kappa shape index (κ2) is 5.83. The lowest BCUT2D eigenvalue weighted by molar-refractivity contribution is -0.122. The molecule has 1 aromatic rings. The molecule has 0 aliphatic rings. The summed E-state index contributed by atoms with van der Waals surface area (Å²) >= 11 is 5.56. The van der Waals surface area contributed by atoms with E-state index in [0.29, 0.717) is 10.9 Å². The molecule has 6 heteroatoms. The molecule has 78 valence electrons. The number of carbonyl (C=O) groups is 1. The summed E-state index contributed by atoms with van der Waals surface area (Å²) in [4.78, 5) is 14.8. The van der Waals surface area contributed by atoms with Gasteiger partial charge in [-0.3, -0.25) is 4.79 Å². The highest BCUT2D eigenvalue weighted by Gasteiger charge is 2.01. The van der Waals surface area contributed by atoms with E-state index in [0.717, 1.165) is 0 Å². The topological polar surface area (TPSA) is 75.0 Å². The first kappa shape index (κ1) is 11.3. The van der Waals surface area contributed by atoms with Crippen LogP contribution >= 0.6 is 11.6 Å². The molecule has 0 bridgehead atoms. The minimum atomic E-state index is -0.355. The van der Waals surface area contributed by atoms with Crippen molar-refractivity contribution in [3.05, 3.63) is 23.5 Å². The van der Waals surface area contributed by atoms with Gasteiger partial charge in [-0.1, -0.05) is 11.6 Å². The molecule has 0 radical (unpaired) electrons. The third-order valence-electron chi connectivity index (χ3n) is 1.43. The van der Waals surface area contributed by atoms with Crippen LogP contribution in [-0.2, 0) is 4.79 Å². The molecule has 0 fully saturated rings. The predicted molar refractivity (Wildman–Crippen MR) is 53.4 cm³/mol. The summed E-state index contributed by atoms with van der Waals surface area (Å²) in [6.45, 7) is -0.175. The van der Waals surface area contributed by atoms with Gasteiger partial charge in [-0.05, 0) is 12.1 Å². The van der Waals surface area contributed by atoms with Gasteiger partial charge in [0, 0.05) is 0 Å². The largest absolute Gasteiger partial charge is 0.482 e. The summed E-state index contributed by atoms with van der Waals surface area (Å²) in [5.74, 6) is 0.0954. The summed E-state index contributed by atoms with van der Waals surface area (Å²) in [6, 6.07) is 4.95. The lowest BCUT2D eigenvalue weighted by Gasteiger charge is -2.04. The maximum atomic E-state index is 11.0. The summed E-state index contributed by atoms with van der Waals surface area (Å²) in [7, 11) is 0. The van der Waals surface area contributed by atoms with Crippen LogP contribution in [0.25, 0.3) is 0 Å². The number of nitrogens with one attached hydrogen (secondary N) is 1. The fourth-order valence-electron chi connectivity index (χ4n) is 0.786. The van der Waals surface area contributed by atoms with Crippen LogP contribution in [0.1, 0.15) is 0 Å². The lowest BCUT2D eigenvalue weighted by Crippen LogP contribution is -2.29. The minimum absolute atomic E-state index is 0.0267. The van der Waals surface area contributed by atoms with Crippen LogP contribution in [0.3, 0.4) is 0 Å². The smallest absolute Gasteiger partial charge is 0.258 e. The second-order valence-corrected chi connectivity index (χ2v) is 2.93. The van der Waals surface area contributed by atoms with E-state index >= 15 is 0 Å². The molecule has 0 atom stereocenters. The monoisotopic (exact) mass is 225 g/mol. The molecule has 1 aromatic heterocycles. The average Bonchev–Trinajstić information content (AvgIpc) is 2.25. The molecule has 0 aromatic carbocycles. The van der Waals surface area contributed by atoms with Gasteiger partial charge >= 0.3 is 0 Å². The Morgan fingerprint density at radius 2 is 2.47 bits per heavy atom. The standard InChI is InChI=1S/C9H8ClN3O2/c10-8-2-1-7(5-13-8)15-6-9(14)12-4-3-11/h1-2,5H,4,6H2,(H,12,14). The van der Waals surface area contributed by atoms with E-state index < -0.39 is 0 Å². The van der Waals surface area contributed by atoms with Crippen molar-refractivity contribution in [1.29, 1.82) is 5.26 Å². The number of carbonyl (C=O) groups excluding carboxylic acids is 1. The van der Waals surface area contributed by atoms with Crippen LogP contribution in [0, 0.1) is 11.3 Å². The Kier molecular flexibility index (Phi) is 4.38. The number of nitriles is 1. The molecule has 15 heavy (non-hydrogen) atoms. The molecule has 0 saturated carbocycles. The van der Waals surface area contributed by atoms with Crippen LogP contribution in [0.15, 0.2) is 18.3 Å². The Morgan fingerprint density at radius 3 is 3.07 bits per heavy atom. The summed E-state index contributed by atoms with van der Waals surface area (Å²) in [6.07, 6.45) is 1.42. The van der Waals surface area contributed by atoms with Gasteiger partial charge in [0.25, 0.3) is 5.91 Å². The van der Waals surface area contributed by atoms with Gasteiger partial charge in [-0.15, -0.1) is 0 Å². The molecule has 0 aliphatic heterocycles. The molecule has 1 heterocycles. The number of hydrogen-bond acceptors (Lipinski definition) is 4. The Balaban J connectivity index is 2.34. The Hall–Kier alpha value is -1.80. The van der Waals surface area contributed by atoms with E-state index in [4.69, 9.17) is 21.6 Å². The molecule has 1 N–H and O–H groups in total. The van der Waals surface area contributed by atoms with Crippen molar-refractivity contribution in [3.63, 3.8) is 0 Å². The first-order valence-electron chi connectivity index (χ1n) is 4.10. The number of aromatic nitrogens is 1. The van der Waals surface area contributed by atoms with Crippen molar-refractivity contribution in [2.45, 2.75) is 0 Å². The Bertz CT molecular complexity index is 372. The fraction of sp³-hybridized carbons (Fsp3) is 0.222. The molecule has 0 unspecified atom stereocenters. The van der Waals surface area contributed by atoms with Gasteiger partial charge in [0.1, 0.15) is 17.4 Å². The molecule has 1 amide bonds. The van der Waals surface area contributed by atoms with Crippen LogP contribution in [-0.4, -0.2) is 24.0 Å². The number of rotatable bonds is 4. The predicted octanol–water partition coefficient (Wildman–Crippen LogP) is 0.754. The number of hydrogen-bond donors (Lipinski definition) is 1. The zero-order chi connectivity index (χ0) is 11.1. The molecule has 0 saturated heterocycles. The number of halogens is 1. The van der Waals surface area contributed by atoms with Crippen molar-refractivity contribution in [2.75, 3.05) is 13.2 Å². The normalized spacial score (nSPS) is 9.07. The number of ether oxygens (including phenoxy) is 1. The SMILES string of the molecule is N#CCNC(=O)COc1ccc(Cl)nc1. The van der Waals surface area contributed by atoms with E-state index in [9.17, 15) is 4.79 Å². The third kappa shape index (κ3) is 4.29. The van der Waals surface area contributed by atoms with Crippen molar-refractivity contribution in [2.24, 2.45) is 0 Å². The van der Waals surface area contributed by atoms with Gasteiger partial charge in [0.2, 0.25) is 0 Å². The third-order valence-corrected chi connectivity index (χ3v) is 1.66. The lowest BCUT2D eigenvalue weighted by atomic mass is 10.4. The number of pyridine rings is 1. The molecule has 0 aliphatic carbocycles. The van der Waals surface area contributed by atoms with Crippen LogP contribution in [0.2, 0.25) is 5.15 Å². The summed E-state index contributed by atoms with van der Waals surface area (Å²) < 4.78 is 5.08. The van der Waals surface area contributed by atoms with E-state index in [2.05, 4.69) is 10.3 Å². The molecule has 0 spiro atoms. The van der Waals surface area contributed by atoms with Crippen LogP contribution < -0.4 is 10.1 Å². The van der Waals surface area contributed by atoms with E-state index in [1.54, 1.807) is 18.2 Å². The van der Waals surface area contributed by atoms with Gasteiger partial charge in [-0.25, -0.2) is 4.98 Å². The van der Waals surface area contributed by atoms with Gasteiger partial charge in [0.15, 0.2) is 6.61 Å². The van der Waals surface area contributed by atoms with Crippen molar-refractivity contribution in [3.8, 4) is 11.8 Å². The van der Waals surface area contributed by atoms with E-state index in [1.165, 1.54) is 6.20 Å². The molecule has 5 nitrogen and oxygen atoms in total. The Morgan fingerprint density at radius 1 is 1.67 bits per heavy atom. The first-order valence-corrected chi connectivity index (χ1v) is 4.48. The summed E-state index contributed by atoms with van der Waals surface area (Å²) in [5, 5.41) is 10.9. The zero-order valence-corrected chi connectivity index (χ0v) is 8.49. The van der Waals surface area contributed by atoms with E-state index in [1.807, 2.05) is 0 Å².